The van der Waals surface area contributed by atoms with Crippen molar-refractivity contribution >= 4 is 27.6 Å². The molecule has 1 saturated heterocycles. The average molecular weight is 388 g/mol. The third kappa shape index (κ3) is 4.53. The molecule has 1 aliphatic rings. The van der Waals surface area contributed by atoms with Crippen LogP contribution < -0.4 is 10.0 Å². The van der Waals surface area contributed by atoms with Crippen LogP contribution in [0.3, 0.4) is 0 Å². The standard InChI is InChI=1S/C19H20N2O5S/c1-2-13-3-5-14(6-4-13)18(22)20-15-7-9-16(10-8-15)27(24,25)21-17-11-12-26-19(17)23/h3-10,17,21H,2,11-12H2,1H3,(H,20,22)/t17-/m0/s1. The highest BCUT2D eigenvalue weighted by atomic mass is 32.2. The molecule has 27 heavy (non-hydrogen) atoms. The van der Waals surface area contributed by atoms with Gasteiger partial charge in [0.1, 0.15) is 6.04 Å². The first-order valence-corrected chi connectivity index (χ1v) is 10.1. The minimum atomic E-state index is -3.85. The maximum atomic E-state index is 12.3. The summed E-state index contributed by atoms with van der Waals surface area (Å²) in [5.41, 5.74) is 2.13. The van der Waals surface area contributed by atoms with Crippen molar-refractivity contribution < 1.29 is 22.7 Å². The summed E-state index contributed by atoms with van der Waals surface area (Å²) in [6.45, 7) is 2.24. The largest absolute Gasteiger partial charge is 0.464 e. The van der Waals surface area contributed by atoms with Gasteiger partial charge in [-0.25, -0.2) is 8.42 Å². The zero-order valence-corrected chi connectivity index (χ0v) is 15.6. The van der Waals surface area contributed by atoms with Gasteiger partial charge in [0.05, 0.1) is 11.5 Å². The summed E-state index contributed by atoms with van der Waals surface area (Å²) in [5, 5.41) is 2.73. The van der Waals surface area contributed by atoms with Crippen LogP contribution in [-0.4, -0.2) is 32.9 Å². The van der Waals surface area contributed by atoms with E-state index >= 15 is 0 Å². The third-order valence-electron chi connectivity index (χ3n) is 4.28. The maximum Gasteiger partial charge on any atom is 0.324 e. The number of hydrogen-bond acceptors (Lipinski definition) is 5. The Hall–Kier alpha value is -2.71. The first kappa shape index (κ1) is 19.1. The van der Waals surface area contributed by atoms with Crippen molar-refractivity contribution in [2.24, 2.45) is 0 Å². The van der Waals surface area contributed by atoms with Gasteiger partial charge in [-0.1, -0.05) is 19.1 Å². The zero-order valence-electron chi connectivity index (χ0n) is 14.8. The van der Waals surface area contributed by atoms with Crippen molar-refractivity contribution in [3.8, 4) is 0 Å². The van der Waals surface area contributed by atoms with Crippen LogP contribution in [-0.2, 0) is 26.0 Å². The van der Waals surface area contributed by atoms with Gasteiger partial charge >= 0.3 is 5.97 Å². The van der Waals surface area contributed by atoms with E-state index in [1.807, 2.05) is 19.1 Å². The van der Waals surface area contributed by atoms with E-state index in [1.54, 1.807) is 12.1 Å². The Labute approximate surface area is 157 Å². The topological polar surface area (TPSA) is 102 Å². The lowest BCUT2D eigenvalue weighted by Gasteiger charge is -2.11. The van der Waals surface area contributed by atoms with E-state index < -0.39 is 22.0 Å². The number of anilines is 1. The van der Waals surface area contributed by atoms with Crippen LogP contribution in [0.15, 0.2) is 53.4 Å². The summed E-state index contributed by atoms with van der Waals surface area (Å²) in [7, 11) is -3.85. The van der Waals surface area contributed by atoms with Crippen molar-refractivity contribution in [2.75, 3.05) is 11.9 Å². The number of cyclic esters (lactones) is 1. The number of aryl methyl sites for hydroxylation is 1. The lowest BCUT2D eigenvalue weighted by molar-refractivity contribution is -0.139. The number of hydrogen-bond donors (Lipinski definition) is 2. The molecule has 0 unspecified atom stereocenters. The predicted octanol–water partition coefficient (Wildman–Crippen LogP) is 2.10. The lowest BCUT2D eigenvalue weighted by Crippen LogP contribution is -2.37. The number of esters is 1. The van der Waals surface area contributed by atoms with E-state index in [1.165, 1.54) is 24.3 Å². The molecule has 7 nitrogen and oxygen atoms in total. The molecule has 0 saturated carbocycles. The van der Waals surface area contributed by atoms with Gasteiger partial charge in [-0.05, 0) is 48.4 Å². The van der Waals surface area contributed by atoms with E-state index in [9.17, 15) is 18.0 Å². The molecule has 2 N–H and O–H groups in total. The van der Waals surface area contributed by atoms with Gasteiger partial charge in [0.15, 0.2) is 0 Å². The van der Waals surface area contributed by atoms with Gasteiger partial charge < -0.3 is 10.1 Å². The molecule has 8 heteroatoms. The first-order chi connectivity index (χ1) is 12.9. The molecule has 3 rings (SSSR count). The van der Waals surface area contributed by atoms with Crippen LogP contribution in [0, 0.1) is 0 Å². The fraction of sp³-hybridized carbons (Fsp3) is 0.263. The summed E-state index contributed by atoms with van der Waals surface area (Å²) >= 11 is 0. The van der Waals surface area contributed by atoms with Crippen molar-refractivity contribution in [3.05, 3.63) is 59.7 Å². The molecule has 0 spiro atoms. The Kier molecular flexibility index (Phi) is 5.57. The Bertz CT molecular complexity index is 937. The predicted molar refractivity (Wildman–Crippen MR) is 99.9 cm³/mol. The molecule has 142 valence electrons. The van der Waals surface area contributed by atoms with Crippen molar-refractivity contribution in [1.29, 1.82) is 0 Å². The Morgan fingerprint density at radius 1 is 1.11 bits per heavy atom. The molecule has 2 aromatic rings. The van der Waals surface area contributed by atoms with E-state index in [0.29, 0.717) is 17.7 Å². The third-order valence-corrected chi connectivity index (χ3v) is 5.77. The van der Waals surface area contributed by atoms with Gasteiger partial charge in [-0.15, -0.1) is 0 Å². The van der Waals surface area contributed by atoms with Crippen LogP contribution in [0.5, 0.6) is 0 Å². The van der Waals surface area contributed by atoms with Gasteiger partial charge in [0.25, 0.3) is 5.91 Å². The zero-order chi connectivity index (χ0) is 19.4. The van der Waals surface area contributed by atoms with Crippen LogP contribution in [0.1, 0.15) is 29.3 Å². The van der Waals surface area contributed by atoms with E-state index in [-0.39, 0.29) is 17.4 Å². The van der Waals surface area contributed by atoms with Crippen LogP contribution in [0.2, 0.25) is 0 Å². The summed E-state index contributed by atoms with van der Waals surface area (Å²) < 4.78 is 31.8. The molecule has 2 aromatic carbocycles. The van der Waals surface area contributed by atoms with Gasteiger partial charge in [0.2, 0.25) is 10.0 Å². The Balaban J connectivity index is 1.67. The quantitative estimate of drug-likeness (QED) is 0.738. The molecule has 1 heterocycles. The molecule has 0 radical (unpaired) electrons. The lowest BCUT2D eigenvalue weighted by atomic mass is 10.1. The van der Waals surface area contributed by atoms with Crippen molar-refractivity contribution in [1.82, 2.24) is 4.72 Å². The second-order valence-electron chi connectivity index (χ2n) is 6.16. The fourth-order valence-electron chi connectivity index (χ4n) is 2.67. The van der Waals surface area contributed by atoms with Crippen molar-refractivity contribution in [2.45, 2.75) is 30.7 Å². The smallest absolute Gasteiger partial charge is 0.324 e. The molecule has 1 amide bonds. The highest BCUT2D eigenvalue weighted by molar-refractivity contribution is 7.89. The number of carbonyl (C=O) groups excluding carboxylic acids is 2. The Morgan fingerprint density at radius 2 is 1.78 bits per heavy atom. The van der Waals surface area contributed by atoms with Crippen LogP contribution in [0.4, 0.5) is 5.69 Å². The normalized spacial score (nSPS) is 16.8. The van der Waals surface area contributed by atoms with E-state index in [2.05, 4.69) is 10.0 Å². The minimum absolute atomic E-state index is 0.00694. The van der Waals surface area contributed by atoms with Crippen LogP contribution in [0.25, 0.3) is 0 Å². The van der Waals surface area contributed by atoms with Crippen LogP contribution >= 0.6 is 0 Å². The Morgan fingerprint density at radius 3 is 2.33 bits per heavy atom. The molecule has 1 atom stereocenters. The highest BCUT2D eigenvalue weighted by Crippen LogP contribution is 2.17. The maximum absolute atomic E-state index is 12.3. The highest BCUT2D eigenvalue weighted by Gasteiger charge is 2.31. The van der Waals surface area contributed by atoms with Crippen molar-refractivity contribution in [3.63, 3.8) is 0 Å². The summed E-state index contributed by atoms with van der Waals surface area (Å²) in [6.07, 6.45) is 1.20. The monoisotopic (exact) mass is 388 g/mol. The van der Waals surface area contributed by atoms with E-state index in [0.717, 1.165) is 12.0 Å². The van der Waals surface area contributed by atoms with E-state index in [4.69, 9.17) is 4.74 Å². The summed E-state index contributed by atoms with van der Waals surface area (Å²) in [4.78, 5) is 23.7. The molecular formula is C19H20N2O5S. The number of ether oxygens (including phenoxy) is 1. The molecule has 0 aliphatic carbocycles. The number of amides is 1. The number of benzene rings is 2. The molecule has 1 aliphatic heterocycles. The number of carbonyl (C=O) groups is 2. The van der Waals surface area contributed by atoms with Gasteiger partial charge in [-0.3, -0.25) is 9.59 Å². The fourth-order valence-corrected chi connectivity index (χ4v) is 3.89. The second-order valence-corrected chi connectivity index (χ2v) is 7.87. The average Bonchev–Trinajstić information content (AvgIpc) is 3.06. The number of sulfonamides is 1. The second kappa shape index (κ2) is 7.89. The first-order valence-electron chi connectivity index (χ1n) is 8.58. The number of rotatable bonds is 6. The van der Waals surface area contributed by atoms with Gasteiger partial charge in [0, 0.05) is 17.7 Å². The summed E-state index contributed by atoms with van der Waals surface area (Å²) in [6, 6.07) is 12.2. The molecule has 1 fully saturated rings. The summed E-state index contributed by atoms with van der Waals surface area (Å²) in [5.74, 6) is -0.850. The minimum Gasteiger partial charge on any atom is -0.464 e. The molecule has 0 aromatic heterocycles. The molecule has 0 bridgehead atoms. The molecular weight excluding hydrogens is 368 g/mol. The van der Waals surface area contributed by atoms with Gasteiger partial charge in [-0.2, -0.15) is 4.72 Å². The number of nitrogens with one attached hydrogen (secondary N) is 2. The SMILES string of the molecule is CCc1ccc(C(=O)Nc2ccc(S(=O)(=O)N[C@H]3CCOC3=O)cc2)cc1.